The predicted octanol–water partition coefficient (Wildman–Crippen LogP) is 1.42. The molecular weight excluding hydrogens is 279 g/mol. The number of carbonyl (C=O) groups is 1. The monoisotopic (exact) mass is 300 g/mol. The second-order valence-corrected chi connectivity index (χ2v) is 8.50. The van der Waals surface area contributed by atoms with Gasteiger partial charge in [-0.15, -0.1) is 0 Å². The number of nitrogens with two attached hydrogens (primary N) is 2. The van der Waals surface area contributed by atoms with E-state index in [0.717, 1.165) is 11.4 Å². The standard InChI is InChI=1S/C9H21N2O5PS/c1-7(2)15-17(13,16-11)18-6-5-14-8(12)9(3,4)10/h7H,5-6,10-11H2,1-4H3. The van der Waals surface area contributed by atoms with Crippen LogP contribution in [0.5, 0.6) is 0 Å². The van der Waals surface area contributed by atoms with Gasteiger partial charge < -0.3 is 10.5 Å². The molecule has 7 nitrogen and oxygen atoms in total. The second kappa shape index (κ2) is 7.47. The van der Waals surface area contributed by atoms with Gasteiger partial charge in [-0.05, 0) is 39.1 Å². The van der Waals surface area contributed by atoms with E-state index >= 15 is 0 Å². The zero-order valence-corrected chi connectivity index (χ0v) is 12.8. The first kappa shape index (κ1) is 17.9. The molecule has 0 fully saturated rings. The van der Waals surface area contributed by atoms with E-state index in [-0.39, 0.29) is 18.5 Å². The molecule has 0 saturated heterocycles. The highest BCUT2D eigenvalue weighted by Gasteiger charge is 2.27. The van der Waals surface area contributed by atoms with Crippen LogP contribution in [-0.2, 0) is 23.2 Å². The van der Waals surface area contributed by atoms with Crippen molar-refractivity contribution in [2.45, 2.75) is 39.3 Å². The number of ether oxygens (including phenoxy) is 1. The van der Waals surface area contributed by atoms with Crippen LogP contribution < -0.4 is 11.6 Å². The summed E-state index contributed by atoms with van der Waals surface area (Å²) in [5.74, 6) is 4.64. The summed E-state index contributed by atoms with van der Waals surface area (Å²) in [5, 5.41) is 0. The van der Waals surface area contributed by atoms with E-state index < -0.39 is 18.3 Å². The van der Waals surface area contributed by atoms with Gasteiger partial charge in [0.1, 0.15) is 12.1 Å². The lowest BCUT2D eigenvalue weighted by Crippen LogP contribution is -2.43. The Morgan fingerprint density at radius 3 is 2.39 bits per heavy atom. The van der Waals surface area contributed by atoms with Crippen LogP contribution in [0.4, 0.5) is 0 Å². The zero-order valence-electron chi connectivity index (χ0n) is 11.0. The van der Waals surface area contributed by atoms with Crippen molar-refractivity contribution in [1.29, 1.82) is 0 Å². The van der Waals surface area contributed by atoms with E-state index in [4.69, 9.17) is 20.9 Å². The van der Waals surface area contributed by atoms with E-state index in [0.29, 0.717) is 0 Å². The van der Waals surface area contributed by atoms with Gasteiger partial charge in [0, 0.05) is 5.75 Å². The summed E-state index contributed by atoms with van der Waals surface area (Å²) in [4.78, 5) is 11.3. The van der Waals surface area contributed by atoms with Gasteiger partial charge >= 0.3 is 12.8 Å². The molecule has 0 heterocycles. The molecule has 0 aromatic heterocycles. The van der Waals surface area contributed by atoms with Crippen LogP contribution in [-0.4, -0.2) is 30.0 Å². The minimum absolute atomic E-state index is 0.0545. The Morgan fingerprint density at radius 2 is 2.00 bits per heavy atom. The van der Waals surface area contributed by atoms with Crippen molar-refractivity contribution in [3.8, 4) is 0 Å². The van der Waals surface area contributed by atoms with Gasteiger partial charge in [-0.3, -0.25) is 9.32 Å². The molecule has 0 aromatic carbocycles. The normalized spacial score (nSPS) is 15.5. The predicted molar refractivity (Wildman–Crippen MR) is 70.8 cm³/mol. The van der Waals surface area contributed by atoms with Gasteiger partial charge in [-0.2, -0.15) is 0 Å². The molecule has 0 aliphatic heterocycles. The lowest BCUT2D eigenvalue weighted by Gasteiger charge is -2.18. The molecule has 0 aliphatic carbocycles. The minimum atomic E-state index is -3.39. The fraction of sp³-hybridized carbons (Fsp3) is 0.889. The molecule has 0 saturated carbocycles. The maximum Gasteiger partial charge on any atom is 0.405 e. The van der Waals surface area contributed by atoms with E-state index in [1.54, 1.807) is 13.8 Å². The molecule has 4 N–H and O–H groups in total. The highest BCUT2D eigenvalue weighted by molar-refractivity contribution is 8.55. The highest BCUT2D eigenvalue weighted by Crippen LogP contribution is 2.59. The third kappa shape index (κ3) is 7.35. The first-order chi connectivity index (χ1) is 8.10. The molecule has 0 rings (SSSR count). The van der Waals surface area contributed by atoms with Crippen molar-refractivity contribution < 1.29 is 23.2 Å². The molecule has 0 bridgehead atoms. The summed E-state index contributed by atoms with van der Waals surface area (Å²) in [7, 11) is 0. The Hall–Kier alpha value is -0.110. The van der Waals surface area contributed by atoms with E-state index in [1.165, 1.54) is 13.8 Å². The molecular formula is C9H21N2O5PS. The summed E-state index contributed by atoms with van der Waals surface area (Å²) in [6.45, 7) is 3.17. The molecule has 9 heteroatoms. The number of hydrogen-bond donors (Lipinski definition) is 2. The molecule has 1 atom stereocenters. The van der Waals surface area contributed by atoms with Crippen LogP contribution in [0.2, 0.25) is 0 Å². The molecule has 0 spiro atoms. The van der Waals surface area contributed by atoms with E-state index in [9.17, 15) is 9.36 Å². The molecule has 1 unspecified atom stereocenters. The third-order valence-corrected chi connectivity index (χ3v) is 5.18. The number of carbonyl (C=O) groups excluding carboxylic acids is 1. The maximum atomic E-state index is 11.9. The van der Waals surface area contributed by atoms with Crippen molar-refractivity contribution in [3.05, 3.63) is 0 Å². The Morgan fingerprint density at radius 1 is 1.44 bits per heavy atom. The highest BCUT2D eigenvalue weighted by atomic mass is 32.7. The first-order valence-electron chi connectivity index (χ1n) is 5.38. The first-order valence-corrected chi connectivity index (χ1v) is 8.51. The zero-order chi connectivity index (χ0) is 14.4. The average Bonchev–Trinajstić information content (AvgIpc) is 2.21. The smallest absolute Gasteiger partial charge is 0.405 e. The van der Waals surface area contributed by atoms with Gasteiger partial charge in [0.2, 0.25) is 0 Å². The Labute approximate surface area is 111 Å². The molecule has 18 heavy (non-hydrogen) atoms. The van der Waals surface area contributed by atoms with Gasteiger partial charge in [-0.1, -0.05) is 0 Å². The van der Waals surface area contributed by atoms with Crippen molar-refractivity contribution in [2.75, 3.05) is 12.4 Å². The van der Waals surface area contributed by atoms with Gasteiger partial charge in [0.25, 0.3) is 0 Å². The van der Waals surface area contributed by atoms with E-state index in [2.05, 4.69) is 4.62 Å². The Bertz CT molecular complexity index is 319. The lowest BCUT2D eigenvalue weighted by atomic mass is 10.1. The summed E-state index contributed by atoms with van der Waals surface area (Å²) in [6, 6.07) is 0. The third-order valence-electron chi connectivity index (χ3n) is 1.56. The summed E-state index contributed by atoms with van der Waals surface area (Å²) >= 11 is 0.873. The lowest BCUT2D eigenvalue weighted by molar-refractivity contribution is -0.148. The van der Waals surface area contributed by atoms with Crippen molar-refractivity contribution >= 4 is 24.1 Å². The van der Waals surface area contributed by atoms with Crippen LogP contribution in [0.15, 0.2) is 0 Å². The minimum Gasteiger partial charge on any atom is -0.463 e. The van der Waals surface area contributed by atoms with Crippen molar-refractivity contribution in [2.24, 2.45) is 11.6 Å². The van der Waals surface area contributed by atoms with Crippen molar-refractivity contribution in [1.82, 2.24) is 0 Å². The van der Waals surface area contributed by atoms with Crippen molar-refractivity contribution in [3.63, 3.8) is 0 Å². The Kier molecular flexibility index (Phi) is 7.43. The number of esters is 1. The molecule has 0 aliphatic rings. The summed E-state index contributed by atoms with van der Waals surface area (Å²) < 4.78 is 26.2. The molecule has 0 radical (unpaired) electrons. The SMILES string of the molecule is CC(C)OP(=O)(ON)SCCOC(=O)C(C)(C)N. The molecule has 108 valence electrons. The van der Waals surface area contributed by atoms with Crippen LogP contribution in [0.25, 0.3) is 0 Å². The van der Waals surface area contributed by atoms with Gasteiger partial charge in [0.15, 0.2) is 0 Å². The molecule has 0 aromatic rings. The Balaban J connectivity index is 4.03. The quantitative estimate of drug-likeness (QED) is 0.299. The fourth-order valence-electron chi connectivity index (χ4n) is 0.813. The average molecular weight is 300 g/mol. The number of hydrogen-bond acceptors (Lipinski definition) is 8. The van der Waals surface area contributed by atoms with Crippen LogP contribution in [0.3, 0.4) is 0 Å². The maximum absolute atomic E-state index is 11.9. The van der Waals surface area contributed by atoms with Crippen LogP contribution in [0, 0.1) is 0 Å². The molecule has 0 amide bonds. The summed E-state index contributed by atoms with van der Waals surface area (Å²) in [6.07, 6.45) is -0.280. The van der Waals surface area contributed by atoms with Gasteiger partial charge in [0.05, 0.1) is 6.10 Å². The largest absolute Gasteiger partial charge is 0.463 e. The van der Waals surface area contributed by atoms with Gasteiger partial charge in [-0.25, -0.2) is 15.1 Å². The van der Waals surface area contributed by atoms with Crippen LogP contribution >= 0.6 is 18.2 Å². The summed E-state index contributed by atoms with van der Waals surface area (Å²) in [5.41, 5.74) is 4.49. The fourth-order valence-corrected chi connectivity index (χ4v) is 3.66. The number of rotatable bonds is 8. The topological polar surface area (TPSA) is 114 Å². The second-order valence-electron chi connectivity index (χ2n) is 4.40. The van der Waals surface area contributed by atoms with Crippen LogP contribution in [0.1, 0.15) is 27.7 Å². The van der Waals surface area contributed by atoms with E-state index in [1.807, 2.05) is 0 Å².